The first kappa shape index (κ1) is 17.7. The lowest BCUT2D eigenvalue weighted by molar-refractivity contribution is 0.415. The molecule has 0 bridgehead atoms. The maximum atomic E-state index is 5.34. The third-order valence-corrected chi connectivity index (χ3v) is 5.68. The van der Waals surface area contributed by atoms with Crippen LogP contribution in [0.3, 0.4) is 0 Å². The largest absolute Gasteiger partial charge is 0.497 e. The molecule has 1 heterocycles. The van der Waals surface area contributed by atoms with Gasteiger partial charge in [0.05, 0.1) is 7.11 Å². The second-order valence-corrected chi connectivity index (χ2v) is 7.54. The number of rotatable bonds is 5. The number of anilines is 1. The van der Waals surface area contributed by atoms with Gasteiger partial charge >= 0.3 is 0 Å². The van der Waals surface area contributed by atoms with Gasteiger partial charge in [0.1, 0.15) is 5.75 Å². The lowest BCUT2D eigenvalue weighted by atomic mass is 9.94. The summed E-state index contributed by atoms with van der Waals surface area (Å²) in [6, 6.07) is 28.9. The molecule has 0 aromatic heterocycles. The van der Waals surface area contributed by atoms with Crippen molar-refractivity contribution in [2.45, 2.75) is 31.7 Å². The Hall–Kier alpha value is -2.74. The standard InChI is InChI=1S/C25H27NO/c1-19-8-10-20(11-9-19)16-24-17-22(21-6-4-3-5-7-21)18-26(24)23-12-14-25(27-2)15-13-23/h3-15,22,24H,16-18H2,1-2H3/t22-,24+/m0/s1. The molecule has 3 aromatic carbocycles. The van der Waals surface area contributed by atoms with Crippen molar-refractivity contribution in [2.24, 2.45) is 0 Å². The average molecular weight is 357 g/mol. The Morgan fingerprint density at radius 2 is 1.59 bits per heavy atom. The Bertz CT molecular complexity index is 855. The summed E-state index contributed by atoms with van der Waals surface area (Å²) in [6.07, 6.45) is 2.26. The van der Waals surface area contributed by atoms with Crippen molar-refractivity contribution in [2.75, 3.05) is 18.6 Å². The van der Waals surface area contributed by atoms with Gasteiger partial charge in [-0.15, -0.1) is 0 Å². The van der Waals surface area contributed by atoms with Gasteiger partial charge in [-0.05, 0) is 55.2 Å². The van der Waals surface area contributed by atoms with Gasteiger partial charge in [0.2, 0.25) is 0 Å². The normalized spacial score (nSPS) is 19.3. The number of ether oxygens (including phenoxy) is 1. The zero-order valence-electron chi connectivity index (χ0n) is 16.1. The van der Waals surface area contributed by atoms with E-state index in [4.69, 9.17) is 4.74 Å². The van der Waals surface area contributed by atoms with Gasteiger partial charge in [-0.1, -0.05) is 60.2 Å². The smallest absolute Gasteiger partial charge is 0.119 e. The summed E-state index contributed by atoms with van der Waals surface area (Å²) in [7, 11) is 1.72. The van der Waals surface area contributed by atoms with Crippen molar-refractivity contribution in [1.29, 1.82) is 0 Å². The molecule has 0 unspecified atom stereocenters. The van der Waals surface area contributed by atoms with Crippen molar-refractivity contribution in [3.63, 3.8) is 0 Å². The molecule has 138 valence electrons. The molecule has 0 spiro atoms. The van der Waals surface area contributed by atoms with Crippen molar-refractivity contribution in [3.8, 4) is 5.75 Å². The second-order valence-electron chi connectivity index (χ2n) is 7.54. The zero-order valence-corrected chi connectivity index (χ0v) is 16.1. The average Bonchev–Trinajstić information content (AvgIpc) is 3.14. The van der Waals surface area contributed by atoms with Gasteiger partial charge in [-0.2, -0.15) is 0 Å². The molecule has 0 saturated carbocycles. The molecule has 1 saturated heterocycles. The highest BCUT2D eigenvalue weighted by atomic mass is 16.5. The van der Waals surface area contributed by atoms with Gasteiger partial charge < -0.3 is 9.64 Å². The van der Waals surface area contributed by atoms with Gasteiger partial charge in [0.15, 0.2) is 0 Å². The van der Waals surface area contributed by atoms with Crippen molar-refractivity contribution < 1.29 is 4.74 Å². The predicted molar refractivity (Wildman–Crippen MR) is 113 cm³/mol. The number of aryl methyl sites for hydroxylation is 1. The summed E-state index contributed by atoms with van der Waals surface area (Å²) >= 11 is 0. The highest BCUT2D eigenvalue weighted by molar-refractivity contribution is 5.52. The van der Waals surface area contributed by atoms with Crippen LogP contribution in [0.2, 0.25) is 0 Å². The monoisotopic (exact) mass is 357 g/mol. The van der Waals surface area contributed by atoms with Gasteiger partial charge in [-0.3, -0.25) is 0 Å². The van der Waals surface area contributed by atoms with Crippen molar-refractivity contribution >= 4 is 5.69 Å². The Morgan fingerprint density at radius 3 is 2.26 bits per heavy atom. The molecular formula is C25H27NO. The number of methoxy groups -OCH3 is 1. The van der Waals surface area contributed by atoms with E-state index < -0.39 is 0 Å². The second kappa shape index (κ2) is 7.87. The van der Waals surface area contributed by atoms with Crippen LogP contribution in [0.4, 0.5) is 5.69 Å². The Labute approximate surface area is 162 Å². The summed E-state index contributed by atoms with van der Waals surface area (Å²) in [6.45, 7) is 3.21. The third-order valence-electron chi connectivity index (χ3n) is 5.68. The molecule has 2 heteroatoms. The number of hydrogen-bond acceptors (Lipinski definition) is 2. The van der Waals surface area contributed by atoms with E-state index in [2.05, 4.69) is 90.7 Å². The SMILES string of the molecule is COc1ccc(N2C[C@@H](c3ccccc3)C[C@H]2Cc2ccc(C)cc2)cc1. The maximum absolute atomic E-state index is 5.34. The minimum absolute atomic E-state index is 0.506. The molecule has 2 atom stereocenters. The van der Waals surface area contributed by atoms with Crippen LogP contribution in [0.25, 0.3) is 0 Å². The van der Waals surface area contributed by atoms with E-state index >= 15 is 0 Å². The molecule has 3 aromatic rings. The fourth-order valence-corrected chi connectivity index (χ4v) is 4.16. The van der Waals surface area contributed by atoms with Crippen LogP contribution in [0.5, 0.6) is 5.75 Å². The minimum Gasteiger partial charge on any atom is -0.497 e. The van der Waals surface area contributed by atoms with E-state index in [9.17, 15) is 0 Å². The number of nitrogens with zero attached hydrogens (tertiary/aromatic N) is 1. The molecule has 2 nitrogen and oxygen atoms in total. The van der Waals surface area contributed by atoms with Crippen LogP contribution in [-0.2, 0) is 6.42 Å². The molecule has 0 radical (unpaired) electrons. The topological polar surface area (TPSA) is 12.5 Å². The fourth-order valence-electron chi connectivity index (χ4n) is 4.16. The summed E-state index contributed by atoms with van der Waals surface area (Å²) in [5, 5.41) is 0. The van der Waals surface area contributed by atoms with Gasteiger partial charge in [0, 0.05) is 24.2 Å². The molecule has 1 fully saturated rings. The van der Waals surface area contributed by atoms with Crippen LogP contribution in [0, 0.1) is 6.92 Å². The Morgan fingerprint density at radius 1 is 0.889 bits per heavy atom. The third kappa shape index (κ3) is 4.00. The molecule has 0 aliphatic carbocycles. The van der Waals surface area contributed by atoms with Crippen LogP contribution < -0.4 is 9.64 Å². The predicted octanol–water partition coefficient (Wildman–Crippen LogP) is 5.61. The molecule has 4 rings (SSSR count). The van der Waals surface area contributed by atoms with E-state index in [1.165, 1.54) is 28.8 Å². The highest BCUT2D eigenvalue weighted by Crippen LogP contribution is 2.37. The van der Waals surface area contributed by atoms with Crippen LogP contribution in [0.1, 0.15) is 29.0 Å². The summed E-state index contributed by atoms with van der Waals surface area (Å²) in [5.74, 6) is 1.48. The molecule has 27 heavy (non-hydrogen) atoms. The van der Waals surface area contributed by atoms with E-state index in [-0.39, 0.29) is 0 Å². The minimum atomic E-state index is 0.506. The van der Waals surface area contributed by atoms with E-state index in [1.54, 1.807) is 7.11 Å². The Kier molecular flexibility index (Phi) is 5.15. The summed E-state index contributed by atoms with van der Waals surface area (Å²) in [5.41, 5.74) is 5.46. The van der Waals surface area contributed by atoms with Gasteiger partial charge in [-0.25, -0.2) is 0 Å². The molecule has 1 aliphatic rings. The first-order chi connectivity index (χ1) is 13.2. The maximum Gasteiger partial charge on any atom is 0.119 e. The zero-order chi connectivity index (χ0) is 18.6. The highest BCUT2D eigenvalue weighted by Gasteiger charge is 2.33. The number of hydrogen-bond donors (Lipinski definition) is 0. The first-order valence-electron chi connectivity index (χ1n) is 9.74. The van der Waals surface area contributed by atoms with E-state index in [0.29, 0.717) is 12.0 Å². The molecule has 0 N–H and O–H groups in total. The van der Waals surface area contributed by atoms with Gasteiger partial charge in [0.25, 0.3) is 0 Å². The Balaban J connectivity index is 1.60. The summed E-state index contributed by atoms with van der Waals surface area (Å²) in [4.78, 5) is 2.58. The molecule has 1 aliphatic heterocycles. The quantitative estimate of drug-likeness (QED) is 0.588. The van der Waals surface area contributed by atoms with Crippen LogP contribution >= 0.6 is 0 Å². The fraction of sp³-hybridized carbons (Fsp3) is 0.280. The number of benzene rings is 3. The lowest BCUT2D eigenvalue weighted by Gasteiger charge is -2.27. The van der Waals surface area contributed by atoms with Crippen molar-refractivity contribution in [1.82, 2.24) is 0 Å². The van der Waals surface area contributed by atoms with Crippen LogP contribution in [-0.4, -0.2) is 19.7 Å². The molecular weight excluding hydrogens is 330 g/mol. The van der Waals surface area contributed by atoms with Crippen molar-refractivity contribution in [3.05, 3.63) is 95.6 Å². The first-order valence-corrected chi connectivity index (χ1v) is 9.74. The van der Waals surface area contributed by atoms with E-state index in [1.807, 2.05) is 0 Å². The molecule has 0 amide bonds. The van der Waals surface area contributed by atoms with Crippen LogP contribution in [0.15, 0.2) is 78.9 Å². The lowest BCUT2D eigenvalue weighted by Crippen LogP contribution is -2.31. The van der Waals surface area contributed by atoms with E-state index in [0.717, 1.165) is 18.7 Å². The summed E-state index contributed by atoms with van der Waals surface area (Å²) < 4.78 is 5.34.